The zero-order valence-electron chi connectivity index (χ0n) is 22.3. The van der Waals surface area contributed by atoms with Gasteiger partial charge in [0, 0.05) is 37.6 Å². The van der Waals surface area contributed by atoms with Crippen molar-refractivity contribution in [2.75, 3.05) is 39.3 Å². The van der Waals surface area contributed by atoms with Crippen LogP contribution >= 0.6 is 11.3 Å². The van der Waals surface area contributed by atoms with Crippen molar-refractivity contribution in [3.63, 3.8) is 0 Å². The molecule has 2 aliphatic rings. The van der Waals surface area contributed by atoms with Gasteiger partial charge in [-0.25, -0.2) is 0 Å². The van der Waals surface area contributed by atoms with Crippen LogP contribution in [0.3, 0.4) is 0 Å². The lowest BCUT2D eigenvalue weighted by molar-refractivity contribution is -0.139. The lowest BCUT2D eigenvalue weighted by Crippen LogP contribution is -2.51. The Morgan fingerprint density at radius 3 is 2.47 bits per heavy atom. The van der Waals surface area contributed by atoms with Crippen LogP contribution in [-0.4, -0.2) is 71.9 Å². The second kappa shape index (κ2) is 12.2. The van der Waals surface area contributed by atoms with Gasteiger partial charge in [0.15, 0.2) is 0 Å². The highest BCUT2D eigenvalue weighted by molar-refractivity contribution is 7.10. The van der Waals surface area contributed by atoms with Gasteiger partial charge in [-0.1, -0.05) is 54.6 Å². The Morgan fingerprint density at radius 1 is 0.921 bits per heavy atom. The van der Waals surface area contributed by atoms with Crippen LogP contribution in [0.1, 0.15) is 46.5 Å². The fourth-order valence-electron chi connectivity index (χ4n) is 5.71. The normalized spacial score (nSPS) is 19.1. The van der Waals surface area contributed by atoms with Gasteiger partial charge in [0.1, 0.15) is 6.61 Å². The van der Waals surface area contributed by atoms with Crippen LogP contribution in [0, 0.1) is 6.92 Å². The van der Waals surface area contributed by atoms with E-state index in [0.29, 0.717) is 32.8 Å². The Hall–Kier alpha value is -3.00. The van der Waals surface area contributed by atoms with E-state index >= 15 is 0 Å². The first kappa shape index (κ1) is 26.6. The van der Waals surface area contributed by atoms with Crippen molar-refractivity contribution in [1.82, 2.24) is 14.7 Å². The van der Waals surface area contributed by atoms with Crippen molar-refractivity contribution in [3.8, 4) is 0 Å². The van der Waals surface area contributed by atoms with Crippen molar-refractivity contribution in [2.45, 2.75) is 45.4 Å². The predicted molar refractivity (Wildman–Crippen MR) is 151 cm³/mol. The lowest BCUT2D eigenvalue weighted by Gasteiger charge is -2.41. The molecule has 6 nitrogen and oxygen atoms in total. The van der Waals surface area contributed by atoms with Gasteiger partial charge in [0.25, 0.3) is 0 Å². The highest BCUT2D eigenvalue weighted by Crippen LogP contribution is 2.40. The van der Waals surface area contributed by atoms with E-state index in [9.17, 15) is 9.59 Å². The summed E-state index contributed by atoms with van der Waals surface area (Å²) in [4.78, 5) is 34.2. The average molecular weight is 532 g/mol. The minimum absolute atomic E-state index is 0.0103. The number of thiophene rings is 1. The minimum atomic E-state index is -0.246. The second-order valence-electron chi connectivity index (χ2n) is 10.3. The van der Waals surface area contributed by atoms with Crippen molar-refractivity contribution in [2.24, 2.45) is 0 Å². The highest BCUT2D eigenvalue weighted by atomic mass is 32.1. The summed E-state index contributed by atoms with van der Waals surface area (Å²) in [5.74, 6) is 0.140. The number of amides is 2. The van der Waals surface area contributed by atoms with Crippen LogP contribution in [-0.2, 0) is 27.4 Å². The number of hydrogen-bond donors (Lipinski definition) is 0. The van der Waals surface area contributed by atoms with E-state index in [-0.39, 0.29) is 30.5 Å². The number of hydrogen-bond acceptors (Lipinski definition) is 5. The predicted octanol–water partition coefficient (Wildman–Crippen LogP) is 4.67. The van der Waals surface area contributed by atoms with E-state index < -0.39 is 0 Å². The fraction of sp³-hybridized carbons (Fsp3) is 0.419. The zero-order chi connectivity index (χ0) is 26.5. The van der Waals surface area contributed by atoms with Crippen LogP contribution in [0.15, 0.2) is 66.0 Å². The SMILES string of the molecule is Cc1ccccc1C1c2ccsc2CCN1C(C)C(=O)N1CCCN(C(=O)COCc2ccccc2)CC1. The molecule has 2 aliphatic heterocycles. The number of carbonyl (C=O) groups excluding carboxylic acids is 2. The van der Waals surface area contributed by atoms with Crippen LogP contribution in [0.5, 0.6) is 0 Å². The van der Waals surface area contributed by atoms with Crippen molar-refractivity contribution < 1.29 is 14.3 Å². The molecule has 3 aromatic rings. The van der Waals surface area contributed by atoms with E-state index in [2.05, 4.69) is 54.5 Å². The first-order valence-electron chi connectivity index (χ1n) is 13.6. The Morgan fingerprint density at radius 2 is 1.66 bits per heavy atom. The Kier molecular flexibility index (Phi) is 8.57. The molecule has 2 aromatic carbocycles. The Balaban J connectivity index is 1.22. The van der Waals surface area contributed by atoms with Gasteiger partial charge >= 0.3 is 0 Å². The molecule has 0 spiro atoms. The third kappa shape index (κ3) is 5.85. The molecule has 5 rings (SSSR count). The quantitative estimate of drug-likeness (QED) is 0.445. The molecule has 38 heavy (non-hydrogen) atoms. The van der Waals surface area contributed by atoms with Crippen molar-refractivity contribution in [3.05, 3.63) is 93.2 Å². The van der Waals surface area contributed by atoms with E-state index in [1.165, 1.54) is 21.6 Å². The van der Waals surface area contributed by atoms with Gasteiger partial charge in [0.05, 0.1) is 18.7 Å². The molecule has 0 bridgehead atoms. The van der Waals surface area contributed by atoms with Crippen LogP contribution in [0.4, 0.5) is 0 Å². The van der Waals surface area contributed by atoms with E-state index in [0.717, 1.165) is 24.9 Å². The number of fused-ring (bicyclic) bond motifs is 1. The summed E-state index contributed by atoms with van der Waals surface area (Å²) >= 11 is 1.82. The first-order chi connectivity index (χ1) is 18.5. The summed E-state index contributed by atoms with van der Waals surface area (Å²) in [6.45, 7) is 7.98. The highest BCUT2D eigenvalue weighted by Gasteiger charge is 2.37. The molecule has 0 aliphatic carbocycles. The topological polar surface area (TPSA) is 53.1 Å². The van der Waals surface area contributed by atoms with Gasteiger partial charge in [0.2, 0.25) is 11.8 Å². The number of nitrogens with zero attached hydrogens (tertiary/aromatic N) is 3. The zero-order valence-corrected chi connectivity index (χ0v) is 23.2. The lowest BCUT2D eigenvalue weighted by atomic mass is 9.89. The summed E-state index contributed by atoms with van der Waals surface area (Å²) in [5.41, 5.74) is 4.91. The summed E-state index contributed by atoms with van der Waals surface area (Å²) in [7, 11) is 0. The van der Waals surface area contributed by atoms with Crippen LogP contribution in [0.2, 0.25) is 0 Å². The van der Waals surface area contributed by atoms with Gasteiger partial charge < -0.3 is 14.5 Å². The van der Waals surface area contributed by atoms with E-state index in [1.807, 2.05) is 51.5 Å². The van der Waals surface area contributed by atoms with Gasteiger partial charge in [-0.3, -0.25) is 14.5 Å². The number of rotatable bonds is 7. The smallest absolute Gasteiger partial charge is 0.248 e. The third-order valence-corrected chi connectivity index (χ3v) is 8.83. The van der Waals surface area contributed by atoms with Crippen molar-refractivity contribution >= 4 is 23.2 Å². The van der Waals surface area contributed by atoms with E-state index in [4.69, 9.17) is 4.74 Å². The van der Waals surface area contributed by atoms with Gasteiger partial charge in [-0.05, 0) is 60.4 Å². The molecule has 200 valence electrons. The monoisotopic (exact) mass is 531 g/mol. The molecule has 7 heteroatoms. The third-order valence-electron chi connectivity index (χ3n) is 7.84. The molecule has 2 amide bonds. The molecule has 0 radical (unpaired) electrons. The average Bonchev–Trinajstić information content (AvgIpc) is 3.28. The maximum absolute atomic E-state index is 13.8. The largest absolute Gasteiger partial charge is 0.367 e. The maximum atomic E-state index is 13.8. The molecule has 0 N–H and O–H groups in total. The molecule has 1 fully saturated rings. The summed E-state index contributed by atoms with van der Waals surface area (Å²) in [5, 5.41) is 2.18. The first-order valence-corrected chi connectivity index (χ1v) is 14.5. The molecule has 2 atom stereocenters. The van der Waals surface area contributed by atoms with Gasteiger partial charge in [-0.2, -0.15) is 0 Å². The number of aryl methyl sites for hydroxylation is 1. The molecular formula is C31H37N3O3S. The molecule has 1 aromatic heterocycles. The maximum Gasteiger partial charge on any atom is 0.248 e. The van der Waals surface area contributed by atoms with Crippen LogP contribution < -0.4 is 0 Å². The minimum Gasteiger partial charge on any atom is -0.367 e. The summed E-state index contributed by atoms with van der Waals surface area (Å²) in [6, 6.07) is 20.5. The number of ether oxygens (including phenoxy) is 1. The Labute approximate surface area is 229 Å². The molecule has 1 saturated heterocycles. The van der Waals surface area contributed by atoms with E-state index in [1.54, 1.807) is 0 Å². The molecule has 2 unspecified atom stereocenters. The Bertz CT molecular complexity index is 1240. The van der Waals surface area contributed by atoms with Crippen LogP contribution in [0.25, 0.3) is 0 Å². The molecular weight excluding hydrogens is 494 g/mol. The summed E-state index contributed by atoms with van der Waals surface area (Å²) in [6.07, 6.45) is 1.75. The van der Waals surface area contributed by atoms with Crippen molar-refractivity contribution in [1.29, 1.82) is 0 Å². The standard InChI is InChI=1S/C31H37N3O3S/c1-23-9-6-7-12-26(23)30-27-14-20-38-28(27)13-17-34(30)24(2)31(36)33-16-8-15-32(18-19-33)29(35)22-37-21-25-10-4-3-5-11-25/h3-7,9-12,14,20,24,30H,8,13,15-19,21-22H2,1-2H3. The summed E-state index contributed by atoms with van der Waals surface area (Å²) < 4.78 is 5.68. The molecule has 3 heterocycles. The number of benzene rings is 2. The molecule has 0 saturated carbocycles. The second-order valence-corrected chi connectivity index (χ2v) is 11.3. The van der Waals surface area contributed by atoms with Gasteiger partial charge in [-0.15, -0.1) is 11.3 Å². The fourth-order valence-corrected chi connectivity index (χ4v) is 6.61. The number of carbonyl (C=O) groups is 2.